The van der Waals surface area contributed by atoms with Crippen LogP contribution in [0.4, 0.5) is 11.4 Å². The number of rotatable bonds is 8. The zero-order valence-electron chi connectivity index (χ0n) is 17.1. The van der Waals surface area contributed by atoms with Gasteiger partial charge in [-0.2, -0.15) is 0 Å². The summed E-state index contributed by atoms with van der Waals surface area (Å²) in [6.07, 6.45) is 0. The van der Waals surface area contributed by atoms with Crippen LogP contribution in [0.15, 0.2) is 78.9 Å². The third-order valence-electron chi connectivity index (χ3n) is 4.62. The molecule has 0 heterocycles. The zero-order valence-corrected chi connectivity index (χ0v) is 17.1. The van der Waals surface area contributed by atoms with E-state index in [1.54, 1.807) is 38.4 Å². The second-order valence-corrected chi connectivity index (χ2v) is 6.75. The second kappa shape index (κ2) is 10.1. The molecule has 0 radical (unpaired) electrons. The number of hydrogen-bond donors (Lipinski definition) is 2. The van der Waals surface area contributed by atoms with Crippen LogP contribution >= 0.6 is 0 Å². The van der Waals surface area contributed by atoms with Crippen LogP contribution in [0.2, 0.25) is 0 Å². The Hall–Kier alpha value is -3.80. The molecule has 2 N–H and O–H groups in total. The first-order valence-corrected chi connectivity index (χ1v) is 9.64. The average molecular weight is 403 g/mol. The number of benzene rings is 3. The first-order valence-electron chi connectivity index (χ1n) is 9.64. The molecule has 0 saturated heterocycles. The monoisotopic (exact) mass is 403 g/mol. The smallest absolute Gasteiger partial charge is 0.251 e. The maximum absolute atomic E-state index is 12.8. The van der Waals surface area contributed by atoms with Gasteiger partial charge in [0.15, 0.2) is 0 Å². The number of hydrogen-bond acceptors (Lipinski definition) is 4. The molecule has 30 heavy (non-hydrogen) atoms. The van der Waals surface area contributed by atoms with Crippen molar-refractivity contribution in [1.82, 2.24) is 5.32 Å². The number of amides is 2. The van der Waals surface area contributed by atoms with Crippen LogP contribution in [0.1, 0.15) is 15.9 Å². The highest BCUT2D eigenvalue weighted by Gasteiger charge is 2.14. The summed E-state index contributed by atoms with van der Waals surface area (Å²) < 4.78 is 5.24. The Morgan fingerprint density at radius 1 is 0.933 bits per heavy atom. The van der Waals surface area contributed by atoms with Crippen LogP contribution in [0.25, 0.3) is 0 Å². The molecule has 0 aromatic heterocycles. The molecule has 0 fully saturated rings. The first kappa shape index (κ1) is 20.9. The predicted octanol–water partition coefficient (Wildman–Crippen LogP) is 3.70. The lowest BCUT2D eigenvalue weighted by atomic mass is 10.1. The van der Waals surface area contributed by atoms with Gasteiger partial charge in [0.25, 0.3) is 5.91 Å². The van der Waals surface area contributed by atoms with Crippen LogP contribution in [-0.2, 0) is 11.3 Å². The Bertz CT molecular complexity index is 988. The molecular weight excluding hydrogens is 378 g/mol. The molecule has 3 rings (SSSR count). The summed E-state index contributed by atoms with van der Waals surface area (Å²) in [7, 11) is 3.20. The average Bonchev–Trinajstić information content (AvgIpc) is 2.79. The Kier molecular flexibility index (Phi) is 7.05. The van der Waals surface area contributed by atoms with E-state index in [1.807, 2.05) is 59.5 Å². The Labute approximate surface area is 176 Å². The highest BCUT2D eigenvalue weighted by Crippen LogP contribution is 2.21. The molecule has 0 atom stereocenters. The molecular formula is C24H25N3O3. The lowest BCUT2D eigenvalue weighted by Gasteiger charge is -2.25. The molecule has 3 aromatic rings. The van der Waals surface area contributed by atoms with Gasteiger partial charge >= 0.3 is 0 Å². The molecule has 0 aliphatic heterocycles. The van der Waals surface area contributed by atoms with Gasteiger partial charge in [-0.1, -0.05) is 36.4 Å². The van der Waals surface area contributed by atoms with Gasteiger partial charge in [0.1, 0.15) is 5.75 Å². The molecule has 0 saturated carbocycles. The van der Waals surface area contributed by atoms with Crippen molar-refractivity contribution in [3.05, 3.63) is 90.0 Å². The molecule has 0 aliphatic carbocycles. The summed E-state index contributed by atoms with van der Waals surface area (Å²) in [5, 5.41) is 5.47. The third kappa shape index (κ3) is 5.61. The van der Waals surface area contributed by atoms with E-state index in [0.717, 1.165) is 17.0 Å². The number of nitrogens with one attached hydrogen (secondary N) is 2. The molecule has 0 unspecified atom stereocenters. The van der Waals surface area contributed by atoms with Crippen LogP contribution in [0.3, 0.4) is 0 Å². The minimum atomic E-state index is -0.199. The number of carbonyl (C=O) groups excluding carboxylic acids is 2. The summed E-state index contributed by atoms with van der Waals surface area (Å²) in [5.74, 6) is 0.389. The molecule has 2 amide bonds. The molecule has 0 bridgehead atoms. The lowest BCUT2D eigenvalue weighted by Crippen LogP contribution is -2.33. The van der Waals surface area contributed by atoms with Gasteiger partial charge in [-0.05, 0) is 48.0 Å². The fraction of sp³-hybridized carbons (Fsp3) is 0.167. The van der Waals surface area contributed by atoms with Crippen molar-refractivity contribution in [2.24, 2.45) is 0 Å². The molecule has 6 nitrogen and oxygen atoms in total. The number of nitrogens with zero attached hydrogens (tertiary/aromatic N) is 1. The fourth-order valence-corrected chi connectivity index (χ4v) is 3.09. The summed E-state index contributed by atoms with van der Waals surface area (Å²) in [6, 6.07) is 24.5. The summed E-state index contributed by atoms with van der Waals surface area (Å²) >= 11 is 0. The number of ether oxygens (including phenoxy) is 1. The fourth-order valence-electron chi connectivity index (χ4n) is 3.09. The van der Waals surface area contributed by atoms with Gasteiger partial charge in [0.05, 0.1) is 13.7 Å². The maximum Gasteiger partial charge on any atom is 0.251 e. The van der Waals surface area contributed by atoms with Gasteiger partial charge in [-0.15, -0.1) is 0 Å². The van der Waals surface area contributed by atoms with Crippen LogP contribution in [-0.4, -0.2) is 32.5 Å². The standard InChI is InChI=1S/C24H25N3O3/c1-25-24(29)19-9-6-10-20(15-19)26-23(28)17-27(16-18-7-4-3-5-8-18)21-11-13-22(30-2)14-12-21/h3-15H,16-17H2,1-2H3,(H,25,29)(H,26,28). The van der Waals surface area contributed by atoms with E-state index in [1.165, 1.54) is 0 Å². The minimum Gasteiger partial charge on any atom is -0.497 e. The van der Waals surface area contributed by atoms with E-state index in [-0.39, 0.29) is 18.4 Å². The Balaban J connectivity index is 1.76. The van der Waals surface area contributed by atoms with E-state index in [9.17, 15) is 9.59 Å². The van der Waals surface area contributed by atoms with Crippen LogP contribution in [0, 0.1) is 0 Å². The quantitative estimate of drug-likeness (QED) is 0.602. The molecule has 6 heteroatoms. The van der Waals surface area contributed by atoms with Gasteiger partial charge < -0.3 is 20.3 Å². The highest BCUT2D eigenvalue weighted by atomic mass is 16.5. The van der Waals surface area contributed by atoms with Gasteiger partial charge in [-0.25, -0.2) is 0 Å². The molecule has 0 aliphatic rings. The van der Waals surface area contributed by atoms with Crippen molar-refractivity contribution in [3.63, 3.8) is 0 Å². The largest absolute Gasteiger partial charge is 0.497 e. The van der Waals surface area contributed by atoms with Gasteiger partial charge in [0.2, 0.25) is 5.91 Å². The Morgan fingerprint density at radius 3 is 2.33 bits per heavy atom. The lowest BCUT2D eigenvalue weighted by molar-refractivity contribution is -0.115. The van der Waals surface area contributed by atoms with Gasteiger partial charge in [0, 0.05) is 30.5 Å². The van der Waals surface area contributed by atoms with Crippen molar-refractivity contribution < 1.29 is 14.3 Å². The molecule has 0 spiro atoms. The second-order valence-electron chi connectivity index (χ2n) is 6.75. The summed E-state index contributed by atoms with van der Waals surface area (Å²) in [5.41, 5.74) is 3.08. The van der Waals surface area contributed by atoms with Crippen LogP contribution in [0.5, 0.6) is 5.75 Å². The topological polar surface area (TPSA) is 70.7 Å². The number of carbonyl (C=O) groups is 2. The van der Waals surface area contributed by atoms with Gasteiger partial charge in [-0.3, -0.25) is 9.59 Å². The first-order chi connectivity index (χ1) is 14.6. The highest BCUT2D eigenvalue weighted by molar-refractivity contribution is 5.98. The molecule has 3 aromatic carbocycles. The van der Waals surface area contributed by atoms with Crippen molar-refractivity contribution >= 4 is 23.2 Å². The predicted molar refractivity (Wildman–Crippen MR) is 119 cm³/mol. The summed E-state index contributed by atoms with van der Waals surface area (Å²) in [6.45, 7) is 0.740. The SMILES string of the molecule is CNC(=O)c1cccc(NC(=O)CN(Cc2ccccc2)c2ccc(OC)cc2)c1. The summed E-state index contributed by atoms with van der Waals surface area (Å²) in [4.78, 5) is 26.6. The Morgan fingerprint density at radius 2 is 1.67 bits per heavy atom. The van der Waals surface area contributed by atoms with E-state index in [4.69, 9.17) is 4.74 Å². The number of anilines is 2. The van der Waals surface area contributed by atoms with E-state index in [2.05, 4.69) is 10.6 Å². The molecule has 154 valence electrons. The zero-order chi connectivity index (χ0) is 21.3. The van der Waals surface area contributed by atoms with E-state index in [0.29, 0.717) is 17.8 Å². The minimum absolute atomic E-state index is 0.158. The van der Waals surface area contributed by atoms with E-state index < -0.39 is 0 Å². The van der Waals surface area contributed by atoms with Crippen molar-refractivity contribution in [3.8, 4) is 5.75 Å². The van der Waals surface area contributed by atoms with Crippen molar-refractivity contribution in [1.29, 1.82) is 0 Å². The maximum atomic E-state index is 12.8. The van der Waals surface area contributed by atoms with Crippen LogP contribution < -0.4 is 20.3 Å². The normalized spacial score (nSPS) is 10.2. The van der Waals surface area contributed by atoms with Crippen molar-refractivity contribution in [2.75, 3.05) is 30.9 Å². The third-order valence-corrected chi connectivity index (χ3v) is 4.62. The van der Waals surface area contributed by atoms with E-state index >= 15 is 0 Å². The van der Waals surface area contributed by atoms with Crippen molar-refractivity contribution in [2.45, 2.75) is 6.54 Å². The number of methoxy groups -OCH3 is 1.